The highest BCUT2D eigenvalue weighted by atomic mass is 16.7. The van der Waals surface area contributed by atoms with E-state index in [-0.39, 0.29) is 29.0 Å². The normalized spacial score (nSPS) is 27.3. The van der Waals surface area contributed by atoms with Crippen molar-refractivity contribution in [2.75, 3.05) is 12.4 Å². The Bertz CT molecular complexity index is 1220. The first-order valence-corrected chi connectivity index (χ1v) is 14.9. The number of carbonyl (C=O) groups is 2. The molecule has 0 radical (unpaired) electrons. The average Bonchev–Trinajstić information content (AvgIpc) is 3.30. The molecule has 0 spiro atoms. The van der Waals surface area contributed by atoms with Gasteiger partial charge in [0.25, 0.3) is 0 Å². The molecule has 1 aliphatic heterocycles. The van der Waals surface area contributed by atoms with Crippen LogP contribution in [0.2, 0.25) is 0 Å². The van der Waals surface area contributed by atoms with Crippen LogP contribution in [0.25, 0.3) is 0 Å². The molecule has 0 aromatic heterocycles. The van der Waals surface area contributed by atoms with Gasteiger partial charge in [0.15, 0.2) is 0 Å². The van der Waals surface area contributed by atoms with Crippen molar-refractivity contribution in [3.63, 3.8) is 0 Å². The summed E-state index contributed by atoms with van der Waals surface area (Å²) in [6, 6.07) is 15.6. The fourth-order valence-electron chi connectivity index (χ4n) is 7.15. The standard InChI is InChI=1S/C32H44BN3O5/c1-20(2)16-28(33-40-27-19-22-18-26(31(22,3)4)32(27,5)41-33)36-30(38)35-25(17-21-10-8-7-9-11-21)29(37)34-23-12-14-24(39-6)15-13-23/h7-15,20,22,25-28H,16-19H2,1-6H3,(H,34,37)(H2,35,36,38)/t22-,25+,26-,27?,28+,32-/m1/s1. The van der Waals surface area contributed by atoms with Gasteiger partial charge in [0.1, 0.15) is 11.8 Å². The van der Waals surface area contributed by atoms with Gasteiger partial charge in [-0.1, -0.05) is 58.0 Å². The number of carbonyl (C=O) groups excluding carboxylic acids is 2. The fourth-order valence-corrected chi connectivity index (χ4v) is 7.15. The molecule has 9 heteroatoms. The maximum atomic E-state index is 13.5. The molecule has 4 aliphatic rings. The van der Waals surface area contributed by atoms with Crippen LogP contribution in [0.4, 0.5) is 10.5 Å². The first kappa shape index (κ1) is 29.5. The Balaban J connectivity index is 1.28. The van der Waals surface area contributed by atoms with E-state index in [1.165, 1.54) is 6.42 Å². The first-order valence-electron chi connectivity index (χ1n) is 14.9. The fraction of sp³-hybridized carbons (Fsp3) is 0.562. The van der Waals surface area contributed by atoms with Crippen molar-refractivity contribution in [3.05, 3.63) is 60.2 Å². The second kappa shape index (κ2) is 11.7. The van der Waals surface area contributed by atoms with Gasteiger partial charge in [0, 0.05) is 12.1 Å². The molecule has 220 valence electrons. The highest BCUT2D eigenvalue weighted by molar-refractivity contribution is 6.47. The van der Waals surface area contributed by atoms with E-state index < -0.39 is 19.2 Å². The number of amides is 3. The molecule has 3 N–H and O–H groups in total. The molecule has 2 aromatic carbocycles. The monoisotopic (exact) mass is 561 g/mol. The van der Waals surface area contributed by atoms with Crippen molar-refractivity contribution >= 4 is 24.7 Å². The van der Waals surface area contributed by atoms with Gasteiger partial charge in [-0.25, -0.2) is 4.79 Å². The van der Waals surface area contributed by atoms with E-state index in [1.807, 2.05) is 30.3 Å². The van der Waals surface area contributed by atoms with Crippen LogP contribution in [0.15, 0.2) is 54.6 Å². The van der Waals surface area contributed by atoms with Crippen LogP contribution in [0.5, 0.6) is 5.75 Å². The van der Waals surface area contributed by atoms with Crippen LogP contribution >= 0.6 is 0 Å². The van der Waals surface area contributed by atoms with Crippen molar-refractivity contribution in [2.45, 2.75) is 84.0 Å². The second-order valence-electron chi connectivity index (χ2n) is 13.2. The molecule has 2 bridgehead atoms. The lowest BCUT2D eigenvalue weighted by Crippen LogP contribution is -2.65. The zero-order valence-electron chi connectivity index (χ0n) is 25.1. The average molecular weight is 562 g/mol. The number of nitrogens with one attached hydrogen (secondary N) is 3. The molecular formula is C32H44BN3O5. The van der Waals surface area contributed by atoms with Crippen molar-refractivity contribution in [1.29, 1.82) is 0 Å². The van der Waals surface area contributed by atoms with Crippen LogP contribution in [0, 0.1) is 23.2 Å². The van der Waals surface area contributed by atoms with E-state index in [4.69, 9.17) is 14.0 Å². The molecule has 3 aliphatic carbocycles. The van der Waals surface area contributed by atoms with Crippen molar-refractivity contribution in [2.24, 2.45) is 23.2 Å². The Labute approximate surface area is 244 Å². The highest BCUT2D eigenvalue weighted by Crippen LogP contribution is 2.65. The van der Waals surface area contributed by atoms with Crippen LogP contribution in [0.1, 0.15) is 59.4 Å². The molecule has 6 atom stereocenters. The minimum atomic E-state index is -0.794. The Morgan fingerprint density at radius 1 is 1.02 bits per heavy atom. The number of hydrogen-bond acceptors (Lipinski definition) is 5. The van der Waals surface area contributed by atoms with E-state index in [0.717, 1.165) is 12.0 Å². The summed E-state index contributed by atoms with van der Waals surface area (Å²) in [7, 11) is 1.06. The number of methoxy groups -OCH3 is 1. The van der Waals surface area contributed by atoms with Gasteiger partial charge < -0.3 is 30.0 Å². The van der Waals surface area contributed by atoms with Crippen LogP contribution in [0.3, 0.4) is 0 Å². The van der Waals surface area contributed by atoms with Crippen LogP contribution in [-0.4, -0.2) is 49.9 Å². The summed E-state index contributed by atoms with van der Waals surface area (Å²) in [4.78, 5) is 26.9. The zero-order valence-corrected chi connectivity index (χ0v) is 25.1. The topological polar surface area (TPSA) is 97.9 Å². The molecule has 3 saturated carbocycles. The number of hydrogen-bond donors (Lipinski definition) is 3. The lowest BCUT2D eigenvalue weighted by Gasteiger charge is -2.64. The van der Waals surface area contributed by atoms with E-state index in [0.29, 0.717) is 42.0 Å². The third kappa shape index (κ3) is 6.12. The second-order valence-corrected chi connectivity index (χ2v) is 13.2. The number of anilines is 1. The minimum absolute atomic E-state index is 0.0323. The third-order valence-electron chi connectivity index (χ3n) is 9.60. The predicted molar refractivity (Wildman–Crippen MR) is 161 cm³/mol. The van der Waals surface area contributed by atoms with Crippen molar-refractivity contribution in [3.8, 4) is 5.75 Å². The quantitative estimate of drug-likeness (QED) is 0.346. The summed E-state index contributed by atoms with van der Waals surface area (Å²) in [5, 5.41) is 8.99. The summed E-state index contributed by atoms with van der Waals surface area (Å²) in [5.74, 6) is 1.45. The molecule has 3 amide bonds. The Morgan fingerprint density at radius 2 is 1.73 bits per heavy atom. The summed E-state index contributed by atoms with van der Waals surface area (Å²) >= 11 is 0. The van der Waals surface area contributed by atoms with E-state index >= 15 is 0 Å². The predicted octanol–water partition coefficient (Wildman–Crippen LogP) is 5.23. The van der Waals surface area contributed by atoms with Gasteiger partial charge in [0.05, 0.1) is 24.8 Å². The maximum Gasteiger partial charge on any atom is 0.481 e. The molecular weight excluding hydrogens is 517 g/mol. The molecule has 6 rings (SSSR count). The summed E-state index contributed by atoms with van der Waals surface area (Å²) in [5.41, 5.74) is 1.45. The minimum Gasteiger partial charge on any atom is -0.497 e. The lowest BCUT2D eigenvalue weighted by atomic mass is 9.43. The zero-order chi connectivity index (χ0) is 29.4. The van der Waals surface area contributed by atoms with Gasteiger partial charge in [-0.3, -0.25) is 4.79 Å². The molecule has 8 nitrogen and oxygen atoms in total. The third-order valence-corrected chi connectivity index (χ3v) is 9.60. The van der Waals surface area contributed by atoms with Gasteiger partial charge in [-0.05, 0) is 79.2 Å². The van der Waals surface area contributed by atoms with Gasteiger partial charge in [0.2, 0.25) is 5.91 Å². The summed E-state index contributed by atoms with van der Waals surface area (Å²) in [6.45, 7) is 11.1. The highest BCUT2D eigenvalue weighted by Gasteiger charge is 2.68. The first-order chi connectivity index (χ1) is 19.5. The van der Waals surface area contributed by atoms with Gasteiger partial charge in [-0.2, -0.15) is 0 Å². The molecule has 2 aromatic rings. The van der Waals surface area contributed by atoms with Crippen molar-refractivity contribution < 1.29 is 23.6 Å². The summed E-state index contributed by atoms with van der Waals surface area (Å²) in [6.07, 6.45) is 3.23. The Hall–Kier alpha value is -3.04. The Morgan fingerprint density at radius 3 is 2.37 bits per heavy atom. The van der Waals surface area contributed by atoms with E-state index in [9.17, 15) is 9.59 Å². The molecule has 4 fully saturated rings. The van der Waals surface area contributed by atoms with Crippen LogP contribution in [-0.2, 0) is 20.5 Å². The molecule has 1 unspecified atom stereocenters. The number of ether oxygens (including phenoxy) is 1. The van der Waals surface area contributed by atoms with E-state index in [2.05, 4.69) is 50.6 Å². The lowest BCUT2D eigenvalue weighted by molar-refractivity contribution is -0.199. The molecule has 1 heterocycles. The Kier molecular flexibility index (Phi) is 8.40. The van der Waals surface area contributed by atoms with Gasteiger partial charge in [-0.15, -0.1) is 0 Å². The number of rotatable bonds is 10. The molecule has 41 heavy (non-hydrogen) atoms. The van der Waals surface area contributed by atoms with E-state index in [1.54, 1.807) is 31.4 Å². The number of benzene rings is 2. The smallest absolute Gasteiger partial charge is 0.481 e. The van der Waals surface area contributed by atoms with Gasteiger partial charge >= 0.3 is 13.1 Å². The maximum absolute atomic E-state index is 13.5. The largest absolute Gasteiger partial charge is 0.497 e. The van der Waals surface area contributed by atoms with Crippen LogP contribution < -0.4 is 20.7 Å². The number of urea groups is 1. The van der Waals surface area contributed by atoms with Crippen molar-refractivity contribution in [1.82, 2.24) is 10.6 Å². The molecule has 1 saturated heterocycles. The summed E-state index contributed by atoms with van der Waals surface area (Å²) < 4.78 is 18.4. The SMILES string of the molecule is COc1ccc(NC(=O)[C@H](Cc2ccccc2)NC(=O)N[C@@H](CC(C)C)B2OC3C[C@H]4C[C@H](C4(C)C)[C@@]3(C)O2)cc1.